The lowest BCUT2D eigenvalue weighted by atomic mass is 9.95. The first-order valence-corrected chi connectivity index (χ1v) is 10.5. The first-order chi connectivity index (χ1) is 15.0. The Labute approximate surface area is 181 Å². The van der Waals surface area contributed by atoms with Crippen LogP contribution < -0.4 is 5.73 Å². The van der Waals surface area contributed by atoms with Crippen molar-refractivity contribution in [1.29, 1.82) is 0 Å². The molecule has 6 nitrogen and oxygen atoms in total. The number of guanidine groups is 1. The number of nitrogens with zero attached hydrogens (tertiary/aromatic N) is 3. The lowest BCUT2D eigenvalue weighted by Crippen LogP contribution is -2.44. The van der Waals surface area contributed by atoms with E-state index in [9.17, 15) is 9.50 Å². The summed E-state index contributed by atoms with van der Waals surface area (Å²) in [6, 6.07) is 16.6. The molecule has 162 valence electrons. The molecule has 1 aromatic heterocycles. The van der Waals surface area contributed by atoms with Crippen LogP contribution in [-0.4, -0.2) is 40.3 Å². The third kappa shape index (κ3) is 4.94. The van der Waals surface area contributed by atoms with E-state index < -0.39 is 0 Å². The van der Waals surface area contributed by atoms with Crippen molar-refractivity contribution in [2.24, 2.45) is 10.7 Å². The summed E-state index contributed by atoms with van der Waals surface area (Å²) in [7, 11) is 0. The summed E-state index contributed by atoms with van der Waals surface area (Å²) in [6.07, 6.45) is 1.14. The Morgan fingerprint density at radius 1 is 1.23 bits per heavy atom. The maximum absolute atomic E-state index is 14.7. The molecule has 2 heterocycles. The minimum Gasteiger partial charge on any atom is -0.393 e. The lowest BCUT2D eigenvalue weighted by Gasteiger charge is -2.30. The molecule has 0 saturated carbocycles. The van der Waals surface area contributed by atoms with E-state index in [1.165, 1.54) is 0 Å². The van der Waals surface area contributed by atoms with Crippen LogP contribution in [0.25, 0.3) is 11.1 Å². The molecule has 7 heteroatoms. The quantitative estimate of drug-likeness (QED) is 0.481. The van der Waals surface area contributed by atoms with Crippen LogP contribution in [0.5, 0.6) is 0 Å². The molecule has 1 aliphatic heterocycles. The molecular formula is C24H27FN4O2. The molecule has 31 heavy (non-hydrogen) atoms. The van der Waals surface area contributed by atoms with Crippen LogP contribution in [0.1, 0.15) is 42.7 Å². The fraction of sp³-hybridized carbons (Fsp3) is 0.333. The number of likely N-dealkylation sites (tertiary alicyclic amines) is 1. The molecule has 0 amide bonds. The van der Waals surface area contributed by atoms with Crippen LogP contribution in [0.3, 0.4) is 0 Å². The highest BCUT2D eigenvalue weighted by Gasteiger charge is 2.19. The van der Waals surface area contributed by atoms with E-state index >= 15 is 0 Å². The second-order valence-corrected chi connectivity index (χ2v) is 7.94. The Morgan fingerprint density at radius 3 is 2.68 bits per heavy atom. The fourth-order valence-electron chi connectivity index (χ4n) is 3.78. The van der Waals surface area contributed by atoms with Gasteiger partial charge in [0.25, 0.3) is 0 Å². The molecule has 2 aromatic carbocycles. The highest BCUT2D eigenvalue weighted by Crippen LogP contribution is 2.29. The van der Waals surface area contributed by atoms with Gasteiger partial charge in [-0.15, -0.1) is 0 Å². The molecule has 1 unspecified atom stereocenters. The van der Waals surface area contributed by atoms with Crippen molar-refractivity contribution >= 4 is 5.96 Å². The highest BCUT2D eigenvalue weighted by molar-refractivity contribution is 5.78. The standard InChI is InChI=1S/C24H27FN4O2/c1-16(18-7-8-21(22(25)13-18)17-5-3-2-4-6-17)23-14-19(28-31-23)15-27-24(26)29-11-9-20(30)10-12-29/h2-8,13-14,16,20,30H,9-12,15H2,1H3,(H2,26,27). The summed E-state index contributed by atoms with van der Waals surface area (Å²) in [6.45, 7) is 3.66. The van der Waals surface area contributed by atoms with E-state index in [0.717, 1.165) is 11.1 Å². The van der Waals surface area contributed by atoms with Crippen LogP contribution in [0, 0.1) is 5.82 Å². The largest absolute Gasteiger partial charge is 0.393 e. The molecule has 0 bridgehead atoms. The second-order valence-electron chi connectivity index (χ2n) is 7.94. The molecule has 3 N–H and O–H groups in total. The molecule has 1 aliphatic rings. The number of nitrogens with two attached hydrogens (primary N) is 1. The first-order valence-electron chi connectivity index (χ1n) is 10.5. The van der Waals surface area contributed by atoms with Gasteiger partial charge in [-0.3, -0.25) is 0 Å². The molecule has 0 spiro atoms. The van der Waals surface area contributed by atoms with Crippen molar-refractivity contribution < 1.29 is 14.0 Å². The predicted molar refractivity (Wildman–Crippen MR) is 118 cm³/mol. The lowest BCUT2D eigenvalue weighted by molar-refractivity contribution is 0.108. The Balaban J connectivity index is 1.43. The van der Waals surface area contributed by atoms with E-state index in [0.29, 0.717) is 55.5 Å². The Kier molecular flexibility index (Phi) is 6.32. The summed E-state index contributed by atoms with van der Waals surface area (Å²) in [5, 5.41) is 13.7. The van der Waals surface area contributed by atoms with Gasteiger partial charge in [-0.2, -0.15) is 0 Å². The van der Waals surface area contributed by atoms with Gasteiger partial charge in [0.2, 0.25) is 0 Å². The number of rotatable bonds is 5. The summed E-state index contributed by atoms with van der Waals surface area (Å²) in [4.78, 5) is 6.37. The van der Waals surface area contributed by atoms with Crippen molar-refractivity contribution in [2.45, 2.75) is 38.3 Å². The second kappa shape index (κ2) is 9.31. The minimum atomic E-state index is -0.265. The molecule has 0 radical (unpaired) electrons. The first kappa shape index (κ1) is 21.1. The van der Waals surface area contributed by atoms with Crippen molar-refractivity contribution in [3.05, 3.63) is 77.4 Å². The van der Waals surface area contributed by atoms with Crippen LogP contribution >= 0.6 is 0 Å². The highest BCUT2D eigenvalue weighted by atomic mass is 19.1. The minimum absolute atomic E-state index is 0.148. The third-order valence-electron chi connectivity index (χ3n) is 5.77. The third-order valence-corrected chi connectivity index (χ3v) is 5.77. The van der Waals surface area contributed by atoms with Gasteiger partial charge >= 0.3 is 0 Å². The van der Waals surface area contributed by atoms with Gasteiger partial charge in [0.15, 0.2) is 5.96 Å². The SMILES string of the molecule is CC(c1ccc(-c2ccccc2)c(F)c1)c1cc(C/N=C(\N)N2CCC(O)CC2)no1. The number of aliphatic hydroxyl groups is 1. The Morgan fingerprint density at radius 2 is 1.97 bits per heavy atom. The molecule has 1 atom stereocenters. The van der Waals surface area contributed by atoms with Gasteiger partial charge < -0.3 is 20.3 Å². The Hall–Kier alpha value is -3.19. The molecule has 4 rings (SSSR count). The maximum Gasteiger partial charge on any atom is 0.191 e. The van der Waals surface area contributed by atoms with E-state index in [1.807, 2.05) is 54.3 Å². The molecule has 1 fully saturated rings. The molecule has 3 aromatic rings. The van der Waals surface area contributed by atoms with E-state index in [2.05, 4.69) is 10.1 Å². The summed E-state index contributed by atoms with van der Waals surface area (Å²) in [5.74, 6) is 0.685. The van der Waals surface area contributed by atoms with Crippen LogP contribution in [0.4, 0.5) is 4.39 Å². The number of halogens is 1. The summed E-state index contributed by atoms with van der Waals surface area (Å²) < 4.78 is 20.2. The summed E-state index contributed by atoms with van der Waals surface area (Å²) >= 11 is 0. The fourth-order valence-corrected chi connectivity index (χ4v) is 3.78. The number of piperidine rings is 1. The van der Waals surface area contributed by atoms with Crippen molar-refractivity contribution in [1.82, 2.24) is 10.1 Å². The van der Waals surface area contributed by atoms with Gasteiger partial charge in [0, 0.05) is 30.6 Å². The van der Waals surface area contributed by atoms with Crippen molar-refractivity contribution in [3.63, 3.8) is 0 Å². The zero-order chi connectivity index (χ0) is 21.8. The summed E-state index contributed by atoms with van der Waals surface area (Å²) in [5.41, 5.74) is 8.98. The number of benzene rings is 2. The number of aliphatic hydroxyl groups excluding tert-OH is 1. The Bertz CT molecular complexity index is 1040. The normalized spacial score (nSPS) is 16.5. The van der Waals surface area contributed by atoms with E-state index in [-0.39, 0.29) is 17.8 Å². The zero-order valence-corrected chi connectivity index (χ0v) is 17.5. The predicted octanol–water partition coefficient (Wildman–Crippen LogP) is 3.90. The molecular weight excluding hydrogens is 395 g/mol. The zero-order valence-electron chi connectivity index (χ0n) is 17.5. The van der Waals surface area contributed by atoms with Gasteiger partial charge in [-0.05, 0) is 30.0 Å². The van der Waals surface area contributed by atoms with Gasteiger partial charge in [-0.1, -0.05) is 54.5 Å². The van der Waals surface area contributed by atoms with E-state index in [4.69, 9.17) is 10.3 Å². The van der Waals surface area contributed by atoms with Crippen LogP contribution in [0.15, 0.2) is 64.1 Å². The number of hydrogen-bond donors (Lipinski definition) is 2. The smallest absolute Gasteiger partial charge is 0.191 e. The topological polar surface area (TPSA) is 87.9 Å². The van der Waals surface area contributed by atoms with E-state index in [1.54, 1.807) is 12.1 Å². The van der Waals surface area contributed by atoms with Gasteiger partial charge in [0.1, 0.15) is 17.3 Å². The number of aliphatic imine (C=N–C) groups is 1. The van der Waals surface area contributed by atoms with Crippen molar-refractivity contribution in [2.75, 3.05) is 13.1 Å². The van der Waals surface area contributed by atoms with Crippen LogP contribution in [-0.2, 0) is 6.54 Å². The van der Waals surface area contributed by atoms with Crippen LogP contribution in [0.2, 0.25) is 0 Å². The van der Waals surface area contributed by atoms with Gasteiger partial charge in [0.05, 0.1) is 12.6 Å². The number of hydrogen-bond acceptors (Lipinski definition) is 4. The number of aromatic nitrogens is 1. The average Bonchev–Trinajstić information content (AvgIpc) is 3.27. The molecule has 1 saturated heterocycles. The van der Waals surface area contributed by atoms with Gasteiger partial charge in [-0.25, -0.2) is 9.38 Å². The maximum atomic E-state index is 14.7. The van der Waals surface area contributed by atoms with Crippen molar-refractivity contribution in [3.8, 4) is 11.1 Å². The average molecular weight is 423 g/mol. The monoisotopic (exact) mass is 422 g/mol. The molecule has 0 aliphatic carbocycles.